The summed E-state index contributed by atoms with van der Waals surface area (Å²) in [4.78, 5) is 3.83. The molecule has 0 aromatic heterocycles. The first-order valence-corrected chi connectivity index (χ1v) is 9.94. The molecule has 0 bridgehead atoms. The molecule has 5 N–H and O–H groups in total. The maximum atomic E-state index is 11.3. The summed E-state index contributed by atoms with van der Waals surface area (Å²) < 4.78 is 21.5. The number of thioether (sulfide) groups is 1. The van der Waals surface area contributed by atoms with Gasteiger partial charge in [-0.1, -0.05) is 0 Å². The Bertz CT molecular complexity index is 414. The molecule has 1 aliphatic heterocycles. The maximum absolute atomic E-state index is 11.3. The third-order valence-electron chi connectivity index (χ3n) is 3.70. The number of rotatable bonds is 14. The zero-order valence-corrected chi connectivity index (χ0v) is 16.4. The van der Waals surface area contributed by atoms with Crippen molar-refractivity contribution in [1.29, 1.82) is 0 Å². The van der Waals surface area contributed by atoms with Crippen LogP contribution >= 0.6 is 11.8 Å². The number of nitrogens with zero attached hydrogens (tertiary/aromatic N) is 1. The molecule has 160 valence electrons. The van der Waals surface area contributed by atoms with Gasteiger partial charge in [-0.15, -0.1) is 11.8 Å². The molecule has 0 spiro atoms. The molecule has 5 atom stereocenters. The van der Waals surface area contributed by atoms with Crippen LogP contribution in [0.1, 0.15) is 6.92 Å². The second-order valence-electron chi connectivity index (χ2n) is 5.84. The lowest BCUT2D eigenvalue weighted by Crippen LogP contribution is -2.57. The Morgan fingerprint density at radius 2 is 1.67 bits per heavy atom. The molecule has 1 unspecified atom stereocenters. The van der Waals surface area contributed by atoms with Gasteiger partial charge in [-0.2, -0.15) is 0 Å². The van der Waals surface area contributed by atoms with Crippen LogP contribution in [-0.4, -0.2) is 110 Å². The van der Waals surface area contributed by atoms with Gasteiger partial charge in [0.1, 0.15) is 29.8 Å². The van der Waals surface area contributed by atoms with Crippen LogP contribution in [0.2, 0.25) is 0 Å². The summed E-state index contributed by atoms with van der Waals surface area (Å²) in [7, 11) is 0. The molecular weight excluding hydrogens is 380 g/mol. The first-order chi connectivity index (χ1) is 13.0. The summed E-state index contributed by atoms with van der Waals surface area (Å²) >= 11 is 1.30. The molecule has 1 fully saturated rings. The average Bonchev–Trinajstić information content (AvgIpc) is 2.64. The number of aliphatic hydroxyl groups is 3. The van der Waals surface area contributed by atoms with Gasteiger partial charge in [0.2, 0.25) is 0 Å². The van der Waals surface area contributed by atoms with Gasteiger partial charge in [0.15, 0.2) is 0 Å². The zero-order chi connectivity index (χ0) is 20.1. The second-order valence-corrected chi connectivity index (χ2v) is 7.05. The largest absolute Gasteiger partial charge is 0.862 e. The fraction of sp³-hybridized carbons (Fsp3) is 0.938. The van der Waals surface area contributed by atoms with E-state index in [9.17, 15) is 20.4 Å². The Kier molecular flexibility index (Phi) is 13.2. The molecule has 1 aliphatic rings. The van der Waals surface area contributed by atoms with E-state index in [2.05, 4.69) is 4.99 Å². The summed E-state index contributed by atoms with van der Waals surface area (Å²) in [6, 6.07) is -0.901. The van der Waals surface area contributed by atoms with Crippen LogP contribution in [0.5, 0.6) is 0 Å². The number of nitrogens with two attached hydrogens (primary N) is 1. The number of aliphatic hydroxyl groups excluding tert-OH is 3. The molecule has 11 heteroatoms. The lowest BCUT2D eigenvalue weighted by Gasteiger charge is -2.41. The summed E-state index contributed by atoms with van der Waals surface area (Å²) in [6.45, 7) is 4.07. The standard InChI is InChI=1S/C16H32N2O8S/c1-11(20)18-13-15(22)14(21)12(10-19)26-16(13)27-9-8-25-7-6-24-5-4-23-3-2-17/h12-16,19,21-22H,2-10,17H2,1H3,(H,18,20)/p-1/t12-,13?,14+,15-,16-/m1/s1. The molecule has 1 saturated heterocycles. The monoisotopic (exact) mass is 411 g/mol. The summed E-state index contributed by atoms with van der Waals surface area (Å²) in [5.74, 6) is 0.0570. The van der Waals surface area contributed by atoms with Gasteiger partial charge in [0.25, 0.3) is 0 Å². The van der Waals surface area contributed by atoms with E-state index in [-0.39, 0.29) is 0 Å². The second kappa shape index (κ2) is 14.5. The first kappa shape index (κ1) is 24.5. The molecule has 0 radical (unpaired) electrons. The van der Waals surface area contributed by atoms with E-state index in [4.69, 9.17) is 24.7 Å². The molecule has 0 saturated carbocycles. The number of hydrogen-bond acceptors (Lipinski definition) is 11. The molecular formula is C16H31N2O8S-. The Labute approximate surface area is 163 Å². The van der Waals surface area contributed by atoms with Crippen molar-refractivity contribution in [2.45, 2.75) is 36.7 Å². The summed E-state index contributed by atoms with van der Waals surface area (Å²) in [6.07, 6.45) is -3.51. The smallest absolute Gasteiger partial charge is 0.128 e. The van der Waals surface area contributed by atoms with Gasteiger partial charge in [-0.3, -0.25) is 4.99 Å². The summed E-state index contributed by atoms with van der Waals surface area (Å²) in [5, 5.41) is 40.7. The van der Waals surface area contributed by atoms with Crippen molar-refractivity contribution in [2.24, 2.45) is 10.7 Å². The number of hydrogen-bond donors (Lipinski definition) is 4. The minimum Gasteiger partial charge on any atom is -0.862 e. The average molecular weight is 411 g/mol. The minimum absolute atomic E-state index is 0.410. The highest BCUT2D eigenvalue weighted by Crippen LogP contribution is 2.30. The van der Waals surface area contributed by atoms with Gasteiger partial charge in [-0.05, 0) is 12.8 Å². The Balaban J connectivity index is 2.25. The third-order valence-corrected chi connectivity index (χ3v) is 4.82. The van der Waals surface area contributed by atoms with Crippen molar-refractivity contribution in [1.82, 2.24) is 0 Å². The fourth-order valence-corrected chi connectivity index (χ4v) is 3.49. The third kappa shape index (κ3) is 9.50. The van der Waals surface area contributed by atoms with Crippen molar-refractivity contribution >= 4 is 17.7 Å². The highest BCUT2D eigenvalue weighted by molar-refractivity contribution is 7.99. The fourth-order valence-electron chi connectivity index (χ4n) is 2.40. The quantitative estimate of drug-likeness (QED) is 0.135. The molecule has 27 heavy (non-hydrogen) atoms. The molecule has 0 aliphatic carbocycles. The first-order valence-electron chi connectivity index (χ1n) is 8.90. The van der Waals surface area contributed by atoms with Gasteiger partial charge >= 0.3 is 0 Å². The van der Waals surface area contributed by atoms with E-state index in [0.29, 0.717) is 51.9 Å². The van der Waals surface area contributed by atoms with Gasteiger partial charge in [-0.25, -0.2) is 0 Å². The van der Waals surface area contributed by atoms with Crippen molar-refractivity contribution in [3.8, 4) is 0 Å². The molecule has 1 rings (SSSR count). The van der Waals surface area contributed by atoms with Crippen molar-refractivity contribution in [2.75, 3.05) is 58.5 Å². The normalized spacial score (nSPS) is 29.2. The van der Waals surface area contributed by atoms with Gasteiger partial charge in [0, 0.05) is 12.3 Å². The van der Waals surface area contributed by atoms with Crippen molar-refractivity contribution in [3.63, 3.8) is 0 Å². The SMILES string of the molecule is CC([O-])=NC1[C@@H](SCCOCCOCCOCCN)O[C@H](CO)[C@H](O)[C@@H]1O. The molecule has 10 nitrogen and oxygen atoms in total. The number of ether oxygens (including phenoxy) is 4. The van der Waals surface area contributed by atoms with Crippen LogP contribution in [0.3, 0.4) is 0 Å². The van der Waals surface area contributed by atoms with Gasteiger partial charge in [0.05, 0.1) is 46.2 Å². The van der Waals surface area contributed by atoms with Crippen molar-refractivity contribution in [3.05, 3.63) is 0 Å². The lowest BCUT2D eigenvalue weighted by molar-refractivity contribution is -0.219. The Morgan fingerprint density at radius 1 is 1.07 bits per heavy atom. The van der Waals surface area contributed by atoms with E-state index in [1.165, 1.54) is 18.7 Å². The van der Waals surface area contributed by atoms with Crippen LogP contribution in [-0.2, 0) is 18.9 Å². The Morgan fingerprint density at radius 3 is 2.22 bits per heavy atom. The summed E-state index contributed by atoms with van der Waals surface area (Å²) in [5.41, 5.74) is 4.63. The van der Waals surface area contributed by atoms with E-state index in [1.54, 1.807) is 0 Å². The molecule has 1 heterocycles. The maximum Gasteiger partial charge on any atom is 0.128 e. The van der Waals surface area contributed by atoms with Crippen LogP contribution in [0.25, 0.3) is 0 Å². The zero-order valence-electron chi connectivity index (χ0n) is 15.6. The topological polar surface area (TPSA) is 159 Å². The molecule has 0 aromatic rings. The van der Waals surface area contributed by atoms with Crippen LogP contribution in [0, 0.1) is 0 Å². The number of aliphatic imine (C=N–C) groups is 1. The van der Waals surface area contributed by atoms with Crippen LogP contribution in [0.4, 0.5) is 0 Å². The minimum atomic E-state index is -1.30. The highest BCUT2D eigenvalue weighted by Gasteiger charge is 2.44. The Hall–Kier alpha value is -0.500. The lowest BCUT2D eigenvalue weighted by atomic mass is 9.98. The van der Waals surface area contributed by atoms with E-state index >= 15 is 0 Å². The van der Waals surface area contributed by atoms with Gasteiger partial charge < -0.3 is 45.1 Å². The van der Waals surface area contributed by atoms with E-state index in [0.717, 1.165) is 0 Å². The van der Waals surface area contributed by atoms with Crippen LogP contribution in [0.15, 0.2) is 4.99 Å². The van der Waals surface area contributed by atoms with Crippen LogP contribution < -0.4 is 10.8 Å². The molecule has 0 amide bonds. The predicted molar refractivity (Wildman–Crippen MR) is 98.6 cm³/mol. The predicted octanol–water partition coefficient (Wildman–Crippen LogP) is -2.69. The highest BCUT2D eigenvalue weighted by atomic mass is 32.2. The van der Waals surface area contributed by atoms with Crippen molar-refractivity contribution < 1.29 is 39.4 Å². The van der Waals surface area contributed by atoms with E-state index in [1.807, 2.05) is 0 Å². The molecule has 0 aromatic carbocycles. The van der Waals surface area contributed by atoms with E-state index < -0.39 is 42.3 Å².